The molecular formula is C17H15NO2S. The van der Waals surface area contributed by atoms with Crippen molar-refractivity contribution in [2.24, 2.45) is 5.92 Å². The summed E-state index contributed by atoms with van der Waals surface area (Å²) in [5.41, 5.74) is 1.77. The van der Waals surface area contributed by atoms with Crippen LogP contribution in [-0.4, -0.2) is 4.98 Å². The number of hydrogen-bond acceptors (Lipinski definition) is 4. The summed E-state index contributed by atoms with van der Waals surface area (Å²) in [6, 6.07) is 9.59. The monoisotopic (exact) mass is 297 g/mol. The van der Waals surface area contributed by atoms with Crippen molar-refractivity contribution in [1.29, 1.82) is 0 Å². The topological polar surface area (TPSA) is 43.1 Å². The highest BCUT2D eigenvalue weighted by molar-refractivity contribution is 7.18. The van der Waals surface area contributed by atoms with Gasteiger partial charge in [0.05, 0.1) is 0 Å². The van der Waals surface area contributed by atoms with Crippen molar-refractivity contribution in [3.8, 4) is 11.5 Å². The second kappa shape index (κ2) is 4.81. The van der Waals surface area contributed by atoms with Crippen LogP contribution in [-0.2, 0) is 12.8 Å². The van der Waals surface area contributed by atoms with Crippen LogP contribution >= 0.6 is 11.3 Å². The summed E-state index contributed by atoms with van der Waals surface area (Å²) in [7, 11) is 0. The van der Waals surface area contributed by atoms with E-state index in [-0.39, 0.29) is 5.63 Å². The summed E-state index contributed by atoms with van der Waals surface area (Å²) in [5, 5.41) is 0.710. The van der Waals surface area contributed by atoms with E-state index in [1.807, 2.05) is 30.3 Å². The molecule has 1 atom stereocenters. The Balaban J connectivity index is 1.94. The maximum absolute atomic E-state index is 12.4. The molecule has 0 bridgehead atoms. The summed E-state index contributed by atoms with van der Waals surface area (Å²) in [6.45, 7) is 2.26. The van der Waals surface area contributed by atoms with Gasteiger partial charge in [0.2, 0.25) is 5.89 Å². The lowest BCUT2D eigenvalue weighted by molar-refractivity contribution is 0.503. The molecule has 21 heavy (non-hydrogen) atoms. The van der Waals surface area contributed by atoms with Crippen LogP contribution in [0.25, 0.3) is 21.7 Å². The molecule has 1 aromatic carbocycles. The first kappa shape index (κ1) is 12.8. The Kier molecular flexibility index (Phi) is 2.93. The van der Waals surface area contributed by atoms with Crippen LogP contribution in [0, 0.1) is 5.92 Å². The van der Waals surface area contributed by atoms with Gasteiger partial charge in [0, 0.05) is 10.4 Å². The fourth-order valence-electron chi connectivity index (χ4n) is 2.98. The number of nitrogens with zero attached hydrogens (tertiary/aromatic N) is 1. The van der Waals surface area contributed by atoms with Gasteiger partial charge in [0.15, 0.2) is 0 Å². The molecule has 2 aromatic heterocycles. The molecule has 4 rings (SSSR count). The molecule has 3 nitrogen and oxygen atoms in total. The highest BCUT2D eigenvalue weighted by Crippen LogP contribution is 2.36. The highest BCUT2D eigenvalue weighted by atomic mass is 32.1. The zero-order valence-corrected chi connectivity index (χ0v) is 12.6. The number of hydrogen-bond donors (Lipinski definition) is 0. The fourth-order valence-corrected chi connectivity index (χ4v) is 4.35. The van der Waals surface area contributed by atoms with E-state index in [0.29, 0.717) is 17.2 Å². The maximum Gasteiger partial charge on any atom is 0.348 e. The quantitative estimate of drug-likeness (QED) is 0.681. The average Bonchev–Trinajstić information content (AvgIpc) is 2.85. The minimum atomic E-state index is -0.245. The number of aromatic nitrogens is 1. The average molecular weight is 297 g/mol. The molecule has 4 heteroatoms. The summed E-state index contributed by atoms with van der Waals surface area (Å²) < 4.78 is 5.47. The van der Waals surface area contributed by atoms with Gasteiger partial charge in [-0.15, -0.1) is 11.3 Å². The van der Waals surface area contributed by atoms with Crippen LogP contribution in [0.4, 0.5) is 0 Å². The molecule has 1 aliphatic carbocycles. The number of fused-ring (bicyclic) bond motifs is 3. The molecule has 0 radical (unpaired) electrons. The van der Waals surface area contributed by atoms with Gasteiger partial charge in [0.1, 0.15) is 10.2 Å². The SMILES string of the molecule is CC1CCc2c(sc3nc(-c4ccccc4)oc(=O)c23)C1. The maximum atomic E-state index is 12.4. The van der Waals surface area contributed by atoms with Crippen molar-refractivity contribution in [2.75, 3.05) is 0 Å². The summed E-state index contributed by atoms with van der Waals surface area (Å²) in [6.07, 6.45) is 3.16. The molecule has 0 saturated heterocycles. The molecule has 0 N–H and O–H groups in total. The Morgan fingerprint density at radius 3 is 2.90 bits per heavy atom. The molecule has 3 aromatic rings. The zero-order chi connectivity index (χ0) is 14.4. The van der Waals surface area contributed by atoms with Gasteiger partial charge in [0.25, 0.3) is 0 Å². The summed E-state index contributed by atoms with van der Waals surface area (Å²) >= 11 is 1.66. The van der Waals surface area contributed by atoms with Crippen LogP contribution in [0.1, 0.15) is 23.8 Å². The van der Waals surface area contributed by atoms with Gasteiger partial charge in [-0.25, -0.2) is 9.78 Å². The number of aryl methyl sites for hydroxylation is 1. The second-order valence-electron chi connectivity index (χ2n) is 5.70. The van der Waals surface area contributed by atoms with Crippen LogP contribution in [0.2, 0.25) is 0 Å². The Bertz CT molecular complexity index is 864. The van der Waals surface area contributed by atoms with Crippen molar-refractivity contribution < 1.29 is 4.42 Å². The van der Waals surface area contributed by atoms with E-state index in [0.717, 1.165) is 29.7 Å². The second-order valence-corrected chi connectivity index (χ2v) is 6.79. The van der Waals surface area contributed by atoms with E-state index < -0.39 is 0 Å². The highest BCUT2D eigenvalue weighted by Gasteiger charge is 2.23. The van der Waals surface area contributed by atoms with Gasteiger partial charge in [-0.05, 0) is 42.9 Å². The molecule has 0 fully saturated rings. The lowest BCUT2D eigenvalue weighted by Gasteiger charge is -2.17. The summed E-state index contributed by atoms with van der Waals surface area (Å²) in [4.78, 5) is 19.1. The zero-order valence-electron chi connectivity index (χ0n) is 11.8. The molecule has 0 amide bonds. The van der Waals surface area contributed by atoms with Crippen LogP contribution in [0.15, 0.2) is 39.5 Å². The number of benzene rings is 1. The van der Waals surface area contributed by atoms with Gasteiger partial charge in [-0.3, -0.25) is 0 Å². The lowest BCUT2D eigenvalue weighted by atomic mass is 9.89. The lowest BCUT2D eigenvalue weighted by Crippen LogP contribution is -2.11. The Hall–Kier alpha value is -1.94. The molecule has 1 unspecified atom stereocenters. The van der Waals surface area contributed by atoms with Gasteiger partial charge in [-0.2, -0.15) is 0 Å². The van der Waals surface area contributed by atoms with Crippen LogP contribution in [0.5, 0.6) is 0 Å². The van der Waals surface area contributed by atoms with Crippen molar-refractivity contribution in [2.45, 2.75) is 26.2 Å². The van der Waals surface area contributed by atoms with Crippen molar-refractivity contribution in [1.82, 2.24) is 4.98 Å². The predicted octanol–water partition coefficient (Wildman–Crippen LogP) is 4.04. The van der Waals surface area contributed by atoms with Crippen molar-refractivity contribution in [3.63, 3.8) is 0 Å². The van der Waals surface area contributed by atoms with E-state index in [4.69, 9.17) is 4.42 Å². The molecule has 0 saturated carbocycles. The van der Waals surface area contributed by atoms with Crippen molar-refractivity contribution >= 4 is 21.6 Å². The van der Waals surface area contributed by atoms with E-state index in [1.165, 1.54) is 10.4 Å². The number of rotatable bonds is 1. The van der Waals surface area contributed by atoms with E-state index in [2.05, 4.69) is 11.9 Å². The third-order valence-corrected chi connectivity index (χ3v) is 5.26. The van der Waals surface area contributed by atoms with Crippen molar-refractivity contribution in [3.05, 3.63) is 51.2 Å². The third-order valence-electron chi connectivity index (χ3n) is 4.11. The molecule has 0 spiro atoms. The van der Waals surface area contributed by atoms with Gasteiger partial charge < -0.3 is 4.42 Å². The van der Waals surface area contributed by atoms with E-state index >= 15 is 0 Å². The number of thiophene rings is 1. The first-order valence-corrected chi connectivity index (χ1v) is 8.05. The summed E-state index contributed by atoms with van der Waals surface area (Å²) in [5.74, 6) is 1.10. The molecule has 2 heterocycles. The molecule has 0 aliphatic heterocycles. The molecule has 106 valence electrons. The Morgan fingerprint density at radius 2 is 2.10 bits per heavy atom. The van der Waals surface area contributed by atoms with Crippen LogP contribution in [0.3, 0.4) is 0 Å². The third kappa shape index (κ3) is 2.10. The largest absolute Gasteiger partial charge is 0.403 e. The standard InChI is InChI=1S/C17H15NO2S/c1-10-7-8-12-13(9-10)21-16-14(12)17(19)20-15(18-16)11-5-3-2-4-6-11/h2-6,10H,7-9H2,1H3. The Morgan fingerprint density at radius 1 is 1.29 bits per heavy atom. The van der Waals surface area contributed by atoms with E-state index in [1.54, 1.807) is 11.3 Å². The minimum absolute atomic E-state index is 0.245. The minimum Gasteiger partial charge on any atom is -0.403 e. The van der Waals surface area contributed by atoms with Crippen LogP contribution < -0.4 is 5.63 Å². The molecule has 1 aliphatic rings. The smallest absolute Gasteiger partial charge is 0.348 e. The first-order chi connectivity index (χ1) is 10.2. The Labute approximate surface area is 126 Å². The molecular weight excluding hydrogens is 282 g/mol. The predicted molar refractivity (Wildman–Crippen MR) is 84.8 cm³/mol. The van der Waals surface area contributed by atoms with Gasteiger partial charge in [-0.1, -0.05) is 25.1 Å². The van der Waals surface area contributed by atoms with E-state index in [9.17, 15) is 4.79 Å². The first-order valence-electron chi connectivity index (χ1n) is 7.23. The van der Waals surface area contributed by atoms with Gasteiger partial charge >= 0.3 is 5.63 Å². The fraction of sp³-hybridized carbons (Fsp3) is 0.294. The normalized spacial score (nSPS) is 17.9.